The molecule has 1 atom stereocenters. The van der Waals surface area contributed by atoms with Gasteiger partial charge in [0.1, 0.15) is 12.2 Å². The van der Waals surface area contributed by atoms with Crippen LogP contribution in [-0.2, 0) is 6.42 Å². The summed E-state index contributed by atoms with van der Waals surface area (Å²) >= 11 is 0. The lowest BCUT2D eigenvalue weighted by atomic mass is 9.87. The second kappa shape index (κ2) is 6.32. The number of rotatable bonds is 6. The van der Waals surface area contributed by atoms with E-state index >= 15 is 0 Å². The molecule has 1 aromatic heterocycles. The molecule has 0 amide bonds. The maximum atomic E-state index is 4.45. The minimum atomic E-state index is 0.404. The van der Waals surface area contributed by atoms with Gasteiger partial charge in [-0.15, -0.1) is 0 Å². The van der Waals surface area contributed by atoms with E-state index < -0.39 is 0 Å². The Morgan fingerprint density at radius 3 is 2.72 bits per heavy atom. The van der Waals surface area contributed by atoms with Crippen LogP contribution in [0.2, 0.25) is 0 Å². The lowest BCUT2D eigenvalue weighted by Gasteiger charge is -2.23. The van der Waals surface area contributed by atoms with Crippen LogP contribution in [0.25, 0.3) is 0 Å². The molecule has 0 bridgehead atoms. The minimum absolute atomic E-state index is 0.404. The van der Waals surface area contributed by atoms with Crippen molar-refractivity contribution in [1.29, 1.82) is 0 Å². The summed E-state index contributed by atoms with van der Waals surface area (Å²) < 4.78 is 2.07. The molecule has 1 aromatic rings. The molecule has 0 aromatic carbocycles. The first-order valence-electron chi connectivity index (χ1n) is 7.25. The first-order valence-corrected chi connectivity index (χ1v) is 7.25. The predicted molar refractivity (Wildman–Crippen MR) is 73.5 cm³/mol. The van der Waals surface area contributed by atoms with Gasteiger partial charge >= 0.3 is 0 Å². The van der Waals surface area contributed by atoms with Crippen molar-refractivity contribution in [1.82, 2.24) is 20.1 Å². The normalized spacial score (nSPS) is 18.7. The van der Waals surface area contributed by atoms with E-state index in [2.05, 4.69) is 41.0 Å². The zero-order valence-electron chi connectivity index (χ0n) is 11.9. The topological polar surface area (TPSA) is 42.7 Å². The molecule has 2 rings (SSSR count). The van der Waals surface area contributed by atoms with Gasteiger partial charge in [-0.25, -0.2) is 9.67 Å². The maximum absolute atomic E-state index is 4.45. The van der Waals surface area contributed by atoms with E-state index in [1.54, 1.807) is 6.33 Å². The average Bonchev–Trinajstić information content (AvgIpc) is 2.99. The number of nitrogens with one attached hydrogen (secondary N) is 1. The van der Waals surface area contributed by atoms with Crippen molar-refractivity contribution in [2.75, 3.05) is 13.6 Å². The molecule has 1 aliphatic rings. The summed E-state index contributed by atoms with van der Waals surface area (Å²) in [5.74, 6) is 2.73. The highest BCUT2D eigenvalue weighted by atomic mass is 15.3. The molecule has 0 radical (unpaired) electrons. The summed E-state index contributed by atoms with van der Waals surface area (Å²) in [5.41, 5.74) is 0. The summed E-state index contributed by atoms with van der Waals surface area (Å²) in [5, 5.41) is 7.69. The van der Waals surface area contributed by atoms with Crippen LogP contribution in [0.15, 0.2) is 6.33 Å². The summed E-state index contributed by atoms with van der Waals surface area (Å²) in [6.45, 7) is 5.43. The van der Waals surface area contributed by atoms with E-state index in [0.29, 0.717) is 12.0 Å². The molecule has 4 heteroatoms. The van der Waals surface area contributed by atoms with Crippen LogP contribution in [0.5, 0.6) is 0 Å². The van der Waals surface area contributed by atoms with E-state index in [-0.39, 0.29) is 0 Å². The molecule has 4 nitrogen and oxygen atoms in total. The molecule has 1 aliphatic carbocycles. The van der Waals surface area contributed by atoms with Crippen LogP contribution in [0.3, 0.4) is 0 Å². The highest BCUT2D eigenvalue weighted by molar-refractivity contribution is 4.92. The minimum Gasteiger partial charge on any atom is -0.319 e. The number of aromatic nitrogens is 3. The van der Waals surface area contributed by atoms with Gasteiger partial charge in [-0.05, 0) is 39.3 Å². The van der Waals surface area contributed by atoms with Crippen molar-refractivity contribution < 1.29 is 0 Å². The van der Waals surface area contributed by atoms with Gasteiger partial charge in [0.05, 0.1) is 0 Å². The van der Waals surface area contributed by atoms with E-state index in [1.165, 1.54) is 25.7 Å². The van der Waals surface area contributed by atoms with Crippen LogP contribution in [-0.4, -0.2) is 28.4 Å². The third kappa shape index (κ3) is 3.10. The predicted octanol–water partition coefficient (Wildman–Crippen LogP) is 2.43. The van der Waals surface area contributed by atoms with Gasteiger partial charge in [-0.2, -0.15) is 5.10 Å². The van der Waals surface area contributed by atoms with Crippen LogP contribution in [0.1, 0.15) is 51.4 Å². The maximum Gasteiger partial charge on any atom is 0.138 e. The molecular weight excluding hydrogens is 224 g/mol. The van der Waals surface area contributed by atoms with Crippen molar-refractivity contribution in [2.45, 2.75) is 52.0 Å². The Bertz CT molecular complexity index is 352. The van der Waals surface area contributed by atoms with E-state index in [9.17, 15) is 0 Å². The fraction of sp³-hybridized carbons (Fsp3) is 0.857. The van der Waals surface area contributed by atoms with Gasteiger partial charge in [0.25, 0.3) is 0 Å². The van der Waals surface area contributed by atoms with Gasteiger partial charge in [0.15, 0.2) is 0 Å². The summed E-state index contributed by atoms with van der Waals surface area (Å²) in [7, 11) is 2.05. The Hall–Kier alpha value is -0.900. The van der Waals surface area contributed by atoms with Gasteiger partial charge < -0.3 is 5.32 Å². The third-order valence-electron chi connectivity index (χ3n) is 4.11. The molecule has 1 fully saturated rings. The first-order chi connectivity index (χ1) is 8.72. The Morgan fingerprint density at radius 1 is 1.39 bits per heavy atom. The van der Waals surface area contributed by atoms with Crippen LogP contribution >= 0.6 is 0 Å². The number of nitrogens with zero attached hydrogens (tertiary/aromatic N) is 3. The zero-order valence-corrected chi connectivity index (χ0v) is 11.9. The van der Waals surface area contributed by atoms with Crippen molar-refractivity contribution in [3.05, 3.63) is 12.2 Å². The van der Waals surface area contributed by atoms with Crippen LogP contribution in [0, 0.1) is 11.8 Å². The standard InChI is InChI=1S/C14H26N4/c1-11(2)18-14(16-10-17-18)8-13(9-15-3)12-6-4-5-7-12/h10-13,15H,4-9H2,1-3H3. The fourth-order valence-corrected chi connectivity index (χ4v) is 3.18. The molecular formula is C14H26N4. The molecule has 1 unspecified atom stereocenters. The smallest absolute Gasteiger partial charge is 0.138 e. The average molecular weight is 250 g/mol. The molecule has 1 heterocycles. The van der Waals surface area contributed by atoms with Gasteiger partial charge in [-0.3, -0.25) is 0 Å². The van der Waals surface area contributed by atoms with Crippen molar-refractivity contribution >= 4 is 0 Å². The second-order valence-corrected chi connectivity index (χ2v) is 5.78. The summed E-state index contributed by atoms with van der Waals surface area (Å²) in [6.07, 6.45) is 8.35. The molecule has 0 aliphatic heterocycles. The third-order valence-corrected chi connectivity index (χ3v) is 4.11. The van der Waals surface area contributed by atoms with Gasteiger partial charge in [0.2, 0.25) is 0 Å². The highest BCUT2D eigenvalue weighted by Crippen LogP contribution is 2.32. The monoisotopic (exact) mass is 250 g/mol. The van der Waals surface area contributed by atoms with Crippen LogP contribution in [0.4, 0.5) is 0 Å². The molecule has 0 saturated heterocycles. The first kappa shape index (κ1) is 13.5. The summed E-state index contributed by atoms with van der Waals surface area (Å²) in [4.78, 5) is 4.45. The second-order valence-electron chi connectivity index (χ2n) is 5.78. The molecule has 0 spiro atoms. The van der Waals surface area contributed by atoms with E-state index in [1.807, 2.05) is 0 Å². The van der Waals surface area contributed by atoms with Crippen molar-refractivity contribution in [3.8, 4) is 0 Å². The number of hydrogen-bond donors (Lipinski definition) is 1. The highest BCUT2D eigenvalue weighted by Gasteiger charge is 2.26. The molecule has 1 N–H and O–H groups in total. The molecule has 18 heavy (non-hydrogen) atoms. The Morgan fingerprint density at radius 2 is 2.11 bits per heavy atom. The van der Waals surface area contributed by atoms with Crippen molar-refractivity contribution in [3.63, 3.8) is 0 Å². The Kier molecular flexibility index (Phi) is 4.75. The van der Waals surface area contributed by atoms with E-state index in [4.69, 9.17) is 0 Å². The summed E-state index contributed by atoms with van der Waals surface area (Å²) in [6, 6.07) is 0.404. The quantitative estimate of drug-likeness (QED) is 0.843. The largest absolute Gasteiger partial charge is 0.319 e. The Labute approximate surface area is 110 Å². The van der Waals surface area contributed by atoms with Crippen LogP contribution < -0.4 is 5.32 Å². The zero-order chi connectivity index (χ0) is 13.0. The fourth-order valence-electron chi connectivity index (χ4n) is 3.18. The van der Waals surface area contributed by atoms with Crippen molar-refractivity contribution in [2.24, 2.45) is 11.8 Å². The van der Waals surface area contributed by atoms with Gasteiger partial charge in [0, 0.05) is 12.5 Å². The Balaban J connectivity index is 2.05. The molecule has 102 valence electrons. The number of hydrogen-bond acceptors (Lipinski definition) is 3. The lowest BCUT2D eigenvalue weighted by Crippen LogP contribution is -2.28. The lowest BCUT2D eigenvalue weighted by molar-refractivity contribution is 0.315. The molecule has 1 saturated carbocycles. The van der Waals surface area contributed by atoms with Gasteiger partial charge in [-0.1, -0.05) is 25.7 Å². The van der Waals surface area contributed by atoms with E-state index in [0.717, 1.165) is 24.7 Å². The SMILES string of the molecule is CNCC(Cc1ncnn1C(C)C)C1CCCC1.